The summed E-state index contributed by atoms with van der Waals surface area (Å²) in [7, 11) is 0. The van der Waals surface area contributed by atoms with Gasteiger partial charge in [0.05, 0.1) is 0 Å². The van der Waals surface area contributed by atoms with E-state index < -0.39 is 11.6 Å². The Morgan fingerprint density at radius 1 is 1.44 bits per heavy atom. The SMILES string of the molecule is CC(Nc1ccc(Cl)cc1Br)C(=O)OC(C)(C)C. The molecule has 1 N–H and O–H groups in total. The summed E-state index contributed by atoms with van der Waals surface area (Å²) in [6, 6.07) is 4.91. The fourth-order valence-electron chi connectivity index (χ4n) is 1.29. The van der Waals surface area contributed by atoms with E-state index in [0.717, 1.165) is 10.2 Å². The van der Waals surface area contributed by atoms with Gasteiger partial charge < -0.3 is 10.1 Å². The lowest BCUT2D eigenvalue weighted by Gasteiger charge is -2.23. The standard InChI is InChI=1S/C13H17BrClNO2/c1-8(12(17)18-13(2,3)4)16-11-6-5-9(15)7-10(11)14/h5-8,16H,1-4H3. The van der Waals surface area contributed by atoms with E-state index in [1.165, 1.54) is 0 Å². The van der Waals surface area contributed by atoms with Gasteiger partial charge in [0.15, 0.2) is 0 Å². The van der Waals surface area contributed by atoms with Crippen molar-refractivity contribution in [1.82, 2.24) is 0 Å². The number of ether oxygens (including phenoxy) is 1. The van der Waals surface area contributed by atoms with Crippen LogP contribution in [-0.2, 0) is 9.53 Å². The molecular weight excluding hydrogens is 318 g/mol. The van der Waals surface area contributed by atoms with Gasteiger partial charge in [-0.2, -0.15) is 0 Å². The molecule has 0 heterocycles. The summed E-state index contributed by atoms with van der Waals surface area (Å²) in [5.74, 6) is -0.288. The first-order valence-corrected chi connectivity index (χ1v) is 6.80. The summed E-state index contributed by atoms with van der Waals surface area (Å²) in [5, 5.41) is 3.72. The molecule has 1 aromatic rings. The molecule has 0 aromatic heterocycles. The number of esters is 1. The van der Waals surface area contributed by atoms with E-state index in [9.17, 15) is 4.79 Å². The third kappa shape index (κ3) is 4.86. The molecule has 0 spiro atoms. The smallest absolute Gasteiger partial charge is 0.328 e. The Labute approximate surface area is 121 Å². The van der Waals surface area contributed by atoms with Crippen LogP contribution in [0.4, 0.5) is 5.69 Å². The van der Waals surface area contributed by atoms with Crippen molar-refractivity contribution in [1.29, 1.82) is 0 Å². The highest BCUT2D eigenvalue weighted by Gasteiger charge is 2.21. The molecule has 18 heavy (non-hydrogen) atoms. The molecule has 100 valence electrons. The van der Waals surface area contributed by atoms with Crippen LogP contribution >= 0.6 is 27.5 Å². The van der Waals surface area contributed by atoms with Crippen molar-refractivity contribution < 1.29 is 9.53 Å². The van der Waals surface area contributed by atoms with Crippen molar-refractivity contribution in [2.24, 2.45) is 0 Å². The van der Waals surface area contributed by atoms with Gasteiger partial charge in [0.25, 0.3) is 0 Å². The van der Waals surface area contributed by atoms with Crippen LogP contribution in [0, 0.1) is 0 Å². The zero-order valence-electron chi connectivity index (χ0n) is 10.9. The molecule has 0 amide bonds. The molecule has 1 atom stereocenters. The quantitative estimate of drug-likeness (QED) is 0.840. The molecule has 0 aliphatic rings. The summed E-state index contributed by atoms with van der Waals surface area (Å²) < 4.78 is 6.10. The minimum atomic E-state index is -0.482. The third-order valence-electron chi connectivity index (χ3n) is 2.06. The van der Waals surface area contributed by atoms with Crippen LogP contribution in [0.3, 0.4) is 0 Å². The largest absolute Gasteiger partial charge is 0.458 e. The van der Waals surface area contributed by atoms with Gasteiger partial charge in [0.1, 0.15) is 11.6 Å². The Hall–Kier alpha value is -0.740. The minimum absolute atomic E-state index is 0.288. The molecule has 1 aromatic carbocycles. The van der Waals surface area contributed by atoms with Crippen LogP contribution < -0.4 is 5.32 Å². The van der Waals surface area contributed by atoms with E-state index in [4.69, 9.17) is 16.3 Å². The number of nitrogens with one attached hydrogen (secondary N) is 1. The van der Waals surface area contributed by atoms with Gasteiger partial charge in [-0.25, -0.2) is 4.79 Å². The Kier molecular flexibility index (Phi) is 5.05. The van der Waals surface area contributed by atoms with Crippen molar-refractivity contribution in [2.45, 2.75) is 39.3 Å². The molecule has 0 aliphatic heterocycles. The fourth-order valence-corrected chi connectivity index (χ4v) is 2.09. The highest BCUT2D eigenvalue weighted by atomic mass is 79.9. The first kappa shape index (κ1) is 15.3. The molecule has 0 fully saturated rings. The minimum Gasteiger partial charge on any atom is -0.458 e. The van der Waals surface area contributed by atoms with E-state index in [2.05, 4.69) is 21.2 Å². The van der Waals surface area contributed by atoms with Crippen molar-refractivity contribution in [3.05, 3.63) is 27.7 Å². The van der Waals surface area contributed by atoms with Crippen LogP contribution in [0.15, 0.2) is 22.7 Å². The molecule has 1 rings (SSSR count). The first-order valence-electron chi connectivity index (χ1n) is 5.63. The maximum Gasteiger partial charge on any atom is 0.328 e. The van der Waals surface area contributed by atoms with E-state index in [-0.39, 0.29) is 5.97 Å². The molecule has 0 saturated carbocycles. The van der Waals surface area contributed by atoms with Crippen molar-refractivity contribution in [2.75, 3.05) is 5.32 Å². The van der Waals surface area contributed by atoms with Gasteiger partial charge >= 0.3 is 5.97 Å². The van der Waals surface area contributed by atoms with Crippen molar-refractivity contribution in [3.63, 3.8) is 0 Å². The number of hydrogen-bond donors (Lipinski definition) is 1. The van der Waals surface area contributed by atoms with Crippen LogP contribution in [0.5, 0.6) is 0 Å². The molecule has 5 heteroatoms. The molecule has 0 aliphatic carbocycles. The van der Waals surface area contributed by atoms with Gasteiger partial charge in [0.2, 0.25) is 0 Å². The number of hydrogen-bond acceptors (Lipinski definition) is 3. The van der Waals surface area contributed by atoms with E-state index in [1.54, 1.807) is 19.1 Å². The summed E-state index contributed by atoms with van der Waals surface area (Å²) in [6.07, 6.45) is 0. The summed E-state index contributed by atoms with van der Waals surface area (Å²) in [4.78, 5) is 11.8. The number of anilines is 1. The molecule has 0 radical (unpaired) electrons. The topological polar surface area (TPSA) is 38.3 Å². The summed E-state index contributed by atoms with van der Waals surface area (Å²) in [6.45, 7) is 7.29. The lowest BCUT2D eigenvalue weighted by molar-refractivity contribution is -0.155. The predicted octanol–water partition coefficient (Wildman–Crippen LogP) is 4.24. The zero-order chi connectivity index (χ0) is 13.9. The number of carbonyl (C=O) groups excluding carboxylic acids is 1. The lowest BCUT2D eigenvalue weighted by Crippen LogP contribution is -2.34. The predicted molar refractivity (Wildman–Crippen MR) is 78.1 cm³/mol. The molecule has 0 saturated heterocycles. The van der Waals surface area contributed by atoms with Crippen LogP contribution in [0.1, 0.15) is 27.7 Å². The van der Waals surface area contributed by atoms with Gasteiger partial charge in [-0.1, -0.05) is 11.6 Å². The molecular formula is C13H17BrClNO2. The average molecular weight is 335 g/mol. The van der Waals surface area contributed by atoms with Crippen LogP contribution in [-0.4, -0.2) is 17.6 Å². The molecule has 1 unspecified atom stereocenters. The van der Waals surface area contributed by atoms with Gasteiger partial charge in [0, 0.05) is 15.2 Å². The van der Waals surface area contributed by atoms with Gasteiger partial charge in [-0.15, -0.1) is 0 Å². The zero-order valence-corrected chi connectivity index (χ0v) is 13.2. The number of rotatable bonds is 3. The number of halogens is 2. The highest BCUT2D eigenvalue weighted by molar-refractivity contribution is 9.10. The van der Waals surface area contributed by atoms with Crippen LogP contribution in [0.2, 0.25) is 5.02 Å². The number of carbonyl (C=O) groups is 1. The van der Waals surface area contributed by atoms with Crippen molar-refractivity contribution >= 4 is 39.2 Å². The van der Waals surface area contributed by atoms with E-state index in [1.807, 2.05) is 26.8 Å². The van der Waals surface area contributed by atoms with E-state index >= 15 is 0 Å². The normalized spacial score (nSPS) is 13.0. The number of benzene rings is 1. The molecule has 0 bridgehead atoms. The second-order valence-corrected chi connectivity index (χ2v) is 6.31. The average Bonchev–Trinajstić information content (AvgIpc) is 2.19. The van der Waals surface area contributed by atoms with E-state index in [0.29, 0.717) is 5.02 Å². The van der Waals surface area contributed by atoms with Crippen LogP contribution in [0.25, 0.3) is 0 Å². The Balaban J connectivity index is 2.69. The monoisotopic (exact) mass is 333 g/mol. The van der Waals surface area contributed by atoms with Gasteiger partial charge in [-0.05, 0) is 61.8 Å². The Morgan fingerprint density at radius 2 is 2.06 bits per heavy atom. The molecule has 3 nitrogen and oxygen atoms in total. The maximum atomic E-state index is 11.8. The Morgan fingerprint density at radius 3 is 2.56 bits per heavy atom. The fraction of sp³-hybridized carbons (Fsp3) is 0.462. The maximum absolute atomic E-state index is 11.8. The Bertz CT molecular complexity index is 443. The van der Waals surface area contributed by atoms with Gasteiger partial charge in [-0.3, -0.25) is 0 Å². The third-order valence-corrected chi connectivity index (χ3v) is 2.95. The highest BCUT2D eigenvalue weighted by Crippen LogP contribution is 2.26. The lowest BCUT2D eigenvalue weighted by atomic mass is 10.2. The summed E-state index contributed by atoms with van der Waals surface area (Å²) in [5.41, 5.74) is 0.322. The second-order valence-electron chi connectivity index (χ2n) is 5.02. The summed E-state index contributed by atoms with van der Waals surface area (Å²) >= 11 is 9.24. The second kappa shape index (κ2) is 5.93. The first-order chi connectivity index (χ1) is 8.19. The van der Waals surface area contributed by atoms with Crippen molar-refractivity contribution in [3.8, 4) is 0 Å².